The molecule has 142 valence electrons. The number of piperidine rings is 1. The molecule has 1 aromatic carbocycles. The Balaban J connectivity index is 1.58. The standard InChI is InChI=1S/C19H19F3N4S/c1-11-8-13(6-7-23-11)18-24-10-17-16(26-18)9-15(25-17)12-2-4-14(5-3-12)27-19(20,21)22/h2-5,9-11,13,23,25H,6-8H2,1H3/p+1. The van der Waals surface area contributed by atoms with Crippen LogP contribution in [0.1, 0.15) is 31.5 Å². The number of aromatic amines is 2. The van der Waals surface area contributed by atoms with Crippen LogP contribution in [0.25, 0.3) is 22.3 Å². The lowest BCUT2D eigenvalue weighted by atomic mass is 9.92. The van der Waals surface area contributed by atoms with Crippen molar-refractivity contribution in [2.24, 2.45) is 0 Å². The number of benzene rings is 1. The molecule has 1 aliphatic rings. The Morgan fingerprint density at radius 1 is 1.22 bits per heavy atom. The first-order valence-corrected chi connectivity index (χ1v) is 9.70. The van der Waals surface area contributed by atoms with Gasteiger partial charge in [0, 0.05) is 17.0 Å². The van der Waals surface area contributed by atoms with Gasteiger partial charge in [-0.3, -0.25) is 0 Å². The number of nitrogens with one attached hydrogen (secondary N) is 3. The minimum atomic E-state index is -4.27. The largest absolute Gasteiger partial charge is 0.446 e. The Morgan fingerprint density at radius 3 is 2.70 bits per heavy atom. The molecule has 0 aliphatic carbocycles. The van der Waals surface area contributed by atoms with Crippen molar-refractivity contribution in [2.45, 2.75) is 42.1 Å². The second kappa shape index (κ2) is 7.16. The van der Waals surface area contributed by atoms with E-state index >= 15 is 0 Å². The summed E-state index contributed by atoms with van der Waals surface area (Å²) < 4.78 is 37.4. The van der Waals surface area contributed by atoms with Crippen molar-refractivity contribution in [1.29, 1.82) is 0 Å². The first-order chi connectivity index (χ1) is 12.9. The average Bonchev–Trinajstić information content (AvgIpc) is 3.04. The monoisotopic (exact) mass is 393 g/mol. The van der Waals surface area contributed by atoms with Crippen LogP contribution in [0.2, 0.25) is 0 Å². The van der Waals surface area contributed by atoms with E-state index in [9.17, 15) is 13.2 Å². The van der Waals surface area contributed by atoms with Crippen LogP contribution in [0, 0.1) is 0 Å². The summed E-state index contributed by atoms with van der Waals surface area (Å²) in [6.45, 7) is 3.17. The Kier molecular flexibility index (Phi) is 4.86. The number of thioether (sulfide) groups is 1. The molecule has 3 N–H and O–H groups in total. The van der Waals surface area contributed by atoms with Gasteiger partial charge in [-0.2, -0.15) is 13.2 Å². The van der Waals surface area contributed by atoms with Gasteiger partial charge in [0.15, 0.2) is 0 Å². The van der Waals surface area contributed by atoms with Crippen LogP contribution in [0.4, 0.5) is 13.2 Å². The van der Waals surface area contributed by atoms with Crippen molar-refractivity contribution in [3.8, 4) is 11.3 Å². The summed E-state index contributed by atoms with van der Waals surface area (Å²) in [4.78, 5) is 11.5. The molecule has 3 heterocycles. The zero-order valence-corrected chi connectivity index (χ0v) is 15.5. The SMILES string of the molecule is CC1CC(c2nc3cc(-c4ccc(SC(F)(F)F)cc4)[nH]c3c[nH+]2)CCN1. The Labute approximate surface area is 159 Å². The maximum Gasteiger partial charge on any atom is 0.446 e. The maximum absolute atomic E-state index is 12.5. The lowest BCUT2D eigenvalue weighted by Crippen LogP contribution is -2.36. The van der Waals surface area contributed by atoms with Gasteiger partial charge < -0.3 is 10.3 Å². The molecule has 1 saturated heterocycles. The van der Waals surface area contributed by atoms with Crippen molar-refractivity contribution < 1.29 is 18.2 Å². The van der Waals surface area contributed by atoms with Crippen molar-refractivity contribution in [1.82, 2.24) is 15.3 Å². The highest BCUT2D eigenvalue weighted by atomic mass is 32.2. The summed E-state index contributed by atoms with van der Waals surface area (Å²) in [5.74, 6) is 1.39. The number of aromatic nitrogens is 3. The molecule has 4 nitrogen and oxygen atoms in total. The molecule has 0 bridgehead atoms. The number of alkyl halides is 3. The first kappa shape index (κ1) is 18.3. The fraction of sp³-hybridized carbons (Fsp3) is 0.368. The number of rotatable bonds is 3. The van der Waals surface area contributed by atoms with E-state index in [1.165, 1.54) is 12.1 Å². The number of halogens is 3. The quantitative estimate of drug-likeness (QED) is 0.644. The number of nitrogens with zero attached hydrogens (tertiary/aromatic N) is 1. The zero-order valence-electron chi connectivity index (χ0n) is 14.7. The zero-order chi connectivity index (χ0) is 19.0. The second-order valence-corrected chi connectivity index (χ2v) is 8.05. The third kappa shape index (κ3) is 4.27. The predicted molar refractivity (Wildman–Crippen MR) is 99.4 cm³/mol. The highest BCUT2D eigenvalue weighted by Crippen LogP contribution is 2.37. The summed E-state index contributed by atoms with van der Waals surface area (Å²) in [6, 6.07) is 8.78. The maximum atomic E-state index is 12.5. The Hall–Kier alpha value is -2.06. The van der Waals surface area contributed by atoms with Gasteiger partial charge in [-0.25, -0.2) is 4.98 Å². The molecule has 2 atom stereocenters. The van der Waals surface area contributed by atoms with Gasteiger partial charge in [-0.15, -0.1) is 0 Å². The van der Waals surface area contributed by atoms with Crippen LogP contribution in [-0.4, -0.2) is 28.1 Å². The van der Waals surface area contributed by atoms with Crippen molar-refractivity contribution in [3.63, 3.8) is 0 Å². The molecule has 0 spiro atoms. The van der Waals surface area contributed by atoms with Crippen LogP contribution in [0.5, 0.6) is 0 Å². The molecule has 8 heteroatoms. The van der Waals surface area contributed by atoms with E-state index < -0.39 is 5.51 Å². The smallest absolute Gasteiger partial charge is 0.348 e. The molecule has 2 unspecified atom stereocenters. The molecule has 1 fully saturated rings. The van der Waals surface area contributed by atoms with Crippen molar-refractivity contribution >= 4 is 22.8 Å². The summed E-state index contributed by atoms with van der Waals surface area (Å²) in [6.07, 6.45) is 4.02. The molecule has 0 amide bonds. The molecular formula is C19H20F3N4S+. The van der Waals surface area contributed by atoms with Crippen LogP contribution in [0.3, 0.4) is 0 Å². The molecule has 2 aromatic heterocycles. The third-order valence-corrected chi connectivity index (χ3v) is 5.58. The normalized spacial score (nSPS) is 20.9. The summed E-state index contributed by atoms with van der Waals surface area (Å²) in [7, 11) is 0. The van der Waals surface area contributed by atoms with E-state index in [2.05, 4.69) is 22.2 Å². The van der Waals surface area contributed by atoms with Gasteiger partial charge in [0.05, 0.1) is 11.6 Å². The summed E-state index contributed by atoms with van der Waals surface area (Å²) >= 11 is -0.105. The fourth-order valence-electron chi connectivity index (χ4n) is 3.55. The summed E-state index contributed by atoms with van der Waals surface area (Å²) in [5, 5.41) is 3.44. The van der Waals surface area contributed by atoms with E-state index in [1.54, 1.807) is 12.1 Å². The second-order valence-electron chi connectivity index (χ2n) is 6.92. The average molecular weight is 393 g/mol. The molecule has 0 radical (unpaired) electrons. The number of H-pyrrole nitrogens is 2. The Bertz CT molecular complexity index is 936. The van der Waals surface area contributed by atoms with Crippen LogP contribution >= 0.6 is 11.8 Å². The van der Waals surface area contributed by atoms with Gasteiger partial charge in [0.25, 0.3) is 5.82 Å². The highest BCUT2D eigenvalue weighted by Gasteiger charge is 2.29. The number of fused-ring (bicyclic) bond motifs is 1. The van der Waals surface area contributed by atoms with Gasteiger partial charge in [-0.05, 0) is 60.8 Å². The molecule has 27 heavy (non-hydrogen) atoms. The van der Waals surface area contributed by atoms with E-state index in [0.717, 1.165) is 47.5 Å². The van der Waals surface area contributed by atoms with Crippen LogP contribution in [-0.2, 0) is 0 Å². The number of hydrogen-bond acceptors (Lipinski definition) is 3. The molecule has 3 aromatic rings. The van der Waals surface area contributed by atoms with E-state index in [4.69, 9.17) is 4.98 Å². The van der Waals surface area contributed by atoms with Gasteiger partial charge in [-0.1, -0.05) is 12.1 Å². The molecule has 4 rings (SSSR count). The van der Waals surface area contributed by atoms with Gasteiger partial charge in [0.2, 0.25) is 5.52 Å². The van der Waals surface area contributed by atoms with Crippen molar-refractivity contribution in [3.05, 3.63) is 42.4 Å². The third-order valence-electron chi connectivity index (χ3n) is 4.84. The minimum Gasteiger partial charge on any atom is -0.348 e. The van der Waals surface area contributed by atoms with E-state index in [1.807, 2.05) is 12.3 Å². The van der Waals surface area contributed by atoms with Gasteiger partial charge in [0.1, 0.15) is 11.7 Å². The topological polar surface area (TPSA) is 54.9 Å². The molecular weight excluding hydrogens is 373 g/mol. The van der Waals surface area contributed by atoms with E-state index in [0.29, 0.717) is 12.0 Å². The Morgan fingerprint density at radius 2 is 2.00 bits per heavy atom. The lowest BCUT2D eigenvalue weighted by molar-refractivity contribution is -0.397. The van der Waals surface area contributed by atoms with E-state index in [-0.39, 0.29) is 16.7 Å². The van der Waals surface area contributed by atoms with Crippen LogP contribution < -0.4 is 10.3 Å². The number of hydrogen-bond donors (Lipinski definition) is 2. The predicted octanol–water partition coefficient (Wildman–Crippen LogP) is 4.51. The fourth-order valence-corrected chi connectivity index (χ4v) is 4.09. The lowest BCUT2D eigenvalue weighted by Gasteiger charge is -2.24. The highest BCUT2D eigenvalue weighted by molar-refractivity contribution is 8.00. The molecule has 1 aliphatic heterocycles. The minimum absolute atomic E-state index is 0.105. The van der Waals surface area contributed by atoms with Gasteiger partial charge >= 0.3 is 5.51 Å². The van der Waals surface area contributed by atoms with Crippen molar-refractivity contribution in [2.75, 3.05) is 6.54 Å². The molecule has 0 saturated carbocycles. The first-order valence-electron chi connectivity index (χ1n) is 8.88. The summed E-state index contributed by atoms with van der Waals surface area (Å²) in [5.41, 5.74) is -0.865. The van der Waals surface area contributed by atoms with Crippen LogP contribution in [0.15, 0.2) is 41.4 Å².